The third-order valence-electron chi connectivity index (χ3n) is 3.67. The smallest absolute Gasteiger partial charge is 0.251 e. The van der Waals surface area contributed by atoms with Crippen molar-refractivity contribution in [3.63, 3.8) is 0 Å². The molecule has 24 heavy (non-hydrogen) atoms. The molecule has 2 rings (SSSR count). The second kappa shape index (κ2) is 7.86. The zero-order valence-corrected chi connectivity index (χ0v) is 15.0. The maximum Gasteiger partial charge on any atom is 0.251 e. The van der Waals surface area contributed by atoms with E-state index in [0.717, 1.165) is 16.7 Å². The molecule has 4 nitrogen and oxygen atoms in total. The second-order valence-electron chi connectivity index (χ2n) is 6.15. The number of hydrogen-bond donors (Lipinski definition) is 1. The van der Waals surface area contributed by atoms with Crippen LogP contribution in [0.4, 0.5) is 0 Å². The number of carbonyl (C=O) groups excluding carboxylic acids is 1. The van der Waals surface area contributed by atoms with E-state index in [1.54, 1.807) is 7.11 Å². The Hall–Kier alpha value is -2.49. The van der Waals surface area contributed by atoms with Gasteiger partial charge in [-0.25, -0.2) is 0 Å². The fraction of sp³-hybridized carbons (Fsp3) is 0.350. The molecular weight excluding hydrogens is 302 g/mol. The Balaban J connectivity index is 2.07. The average Bonchev–Trinajstić information content (AvgIpc) is 2.53. The Morgan fingerprint density at radius 2 is 1.83 bits per heavy atom. The van der Waals surface area contributed by atoms with Gasteiger partial charge in [0.15, 0.2) is 11.5 Å². The molecular formula is C20H25NO3. The van der Waals surface area contributed by atoms with Gasteiger partial charge in [0.1, 0.15) is 0 Å². The van der Waals surface area contributed by atoms with Crippen molar-refractivity contribution in [3.05, 3.63) is 58.7 Å². The predicted molar refractivity (Wildman–Crippen MR) is 95.8 cm³/mol. The minimum absolute atomic E-state index is 0.0750. The number of amides is 1. The van der Waals surface area contributed by atoms with Gasteiger partial charge in [0.25, 0.3) is 5.91 Å². The first-order valence-electron chi connectivity index (χ1n) is 8.09. The Kier molecular flexibility index (Phi) is 5.85. The van der Waals surface area contributed by atoms with Crippen LogP contribution in [0, 0.1) is 13.8 Å². The van der Waals surface area contributed by atoms with Gasteiger partial charge in [0, 0.05) is 12.1 Å². The van der Waals surface area contributed by atoms with Crippen molar-refractivity contribution in [1.82, 2.24) is 5.32 Å². The molecule has 0 spiro atoms. The number of nitrogens with one attached hydrogen (secondary N) is 1. The number of methoxy groups -OCH3 is 1. The van der Waals surface area contributed by atoms with Gasteiger partial charge >= 0.3 is 0 Å². The summed E-state index contributed by atoms with van der Waals surface area (Å²) in [7, 11) is 1.61. The highest BCUT2D eigenvalue weighted by atomic mass is 16.5. The summed E-state index contributed by atoms with van der Waals surface area (Å²) in [6.45, 7) is 8.34. The second-order valence-corrected chi connectivity index (χ2v) is 6.15. The molecule has 0 aromatic heterocycles. The third kappa shape index (κ3) is 4.51. The van der Waals surface area contributed by atoms with Crippen LogP contribution in [0.2, 0.25) is 0 Å². The number of benzene rings is 2. The van der Waals surface area contributed by atoms with E-state index in [9.17, 15) is 4.79 Å². The van der Waals surface area contributed by atoms with Crippen LogP contribution < -0.4 is 14.8 Å². The average molecular weight is 327 g/mol. The van der Waals surface area contributed by atoms with Crippen molar-refractivity contribution in [2.24, 2.45) is 0 Å². The number of carbonyl (C=O) groups is 1. The van der Waals surface area contributed by atoms with Crippen molar-refractivity contribution < 1.29 is 14.3 Å². The molecule has 0 bridgehead atoms. The fourth-order valence-corrected chi connectivity index (χ4v) is 2.52. The van der Waals surface area contributed by atoms with Gasteiger partial charge in [-0.05, 0) is 57.0 Å². The number of aryl methyl sites for hydroxylation is 2. The first-order chi connectivity index (χ1) is 11.4. The molecule has 1 N–H and O–H groups in total. The molecule has 128 valence electrons. The van der Waals surface area contributed by atoms with Crippen molar-refractivity contribution in [3.8, 4) is 11.5 Å². The lowest BCUT2D eigenvalue weighted by molar-refractivity contribution is 0.0950. The number of rotatable bonds is 6. The topological polar surface area (TPSA) is 47.6 Å². The lowest BCUT2D eigenvalue weighted by Crippen LogP contribution is -2.23. The lowest BCUT2D eigenvalue weighted by Gasteiger charge is -2.15. The minimum Gasteiger partial charge on any atom is -0.493 e. The summed E-state index contributed by atoms with van der Waals surface area (Å²) < 4.78 is 11.1. The highest BCUT2D eigenvalue weighted by molar-refractivity contribution is 5.95. The van der Waals surface area contributed by atoms with Crippen molar-refractivity contribution >= 4 is 5.91 Å². The van der Waals surface area contributed by atoms with Crippen LogP contribution in [0.3, 0.4) is 0 Å². The summed E-state index contributed by atoms with van der Waals surface area (Å²) in [5, 5.41) is 2.95. The standard InChI is InChI=1S/C20H25NO3/c1-13(2)24-18-9-7-16(11-19(18)23-5)12-21-20(22)17-8-6-14(3)10-15(17)4/h6-11,13H,12H2,1-5H3,(H,21,22). The highest BCUT2D eigenvalue weighted by Gasteiger charge is 2.11. The first-order valence-corrected chi connectivity index (χ1v) is 8.09. The van der Waals surface area contributed by atoms with Gasteiger partial charge in [-0.1, -0.05) is 23.8 Å². The predicted octanol–water partition coefficient (Wildman–Crippen LogP) is 4.03. The van der Waals surface area contributed by atoms with Crippen molar-refractivity contribution in [2.45, 2.75) is 40.3 Å². The van der Waals surface area contributed by atoms with Crippen LogP contribution in [-0.4, -0.2) is 19.1 Å². The van der Waals surface area contributed by atoms with Gasteiger partial charge < -0.3 is 14.8 Å². The summed E-state index contributed by atoms with van der Waals surface area (Å²) in [5.41, 5.74) is 3.79. The van der Waals surface area contributed by atoms with E-state index >= 15 is 0 Å². The number of hydrogen-bond acceptors (Lipinski definition) is 3. The number of ether oxygens (including phenoxy) is 2. The van der Waals surface area contributed by atoms with Crippen LogP contribution >= 0.6 is 0 Å². The van der Waals surface area contributed by atoms with E-state index < -0.39 is 0 Å². The highest BCUT2D eigenvalue weighted by Crippen LogP contribution is 2.29. The van der Waals surface area contributed by atoms with Crippen molar-refractivity contribution in [2.75, 3.05) is 7.11 Å². The molecule has 0 saturated heterocycles. The van der Waals surface area contributed by atoms with Gasteiger partial charge in [0.2, 0.25) is 0 Å². The van der Waals surface area contributed by atoms with Gasteiger partial charge in [-0.15, -0.1) is 0 Å². The largest absolute Gasteiger partial charge is 0.493 e. The molecule has 0 aliphatic rings. The molecule has 4 heteroatoms. The summed E-state index contributed by atoms with van der Waals surface area (Å²) in [5.74, 6) is 1.30. The Morgan fingerprint density at radius 3 is 2.46 bits per heavy atom. The Bertz CT molecular complexity index is 723. The maximum atomic E-state index is 12.3. The molecule has 1 amide bonds. The molecule has 0 unspecified atom stereocenters. The molecule has 0 aliphatic heterocycles. The lowest BCUT2D eigenvalue weighted by atomic mass is 10.1. The van der Waals surface area contributed by atoms with Crippen LogP contribution in [0.15, 0.2) is 36.4 Å². The van der Waals surface area contributed by atoms with E-state index in [4.69, 9.17) is 9.47 Å². The van der Waals surface area contributed by atoms with Crippen LogP contribution in [0.5, 0.6) is 11.5 Å². The third-order valence-corrected chi connectivity index (χ3v) is 3.67. The molecule has 0 atom stereocenters. The fourth-order valence-electron chi connectivity index (χ4n) is 2.52. The van der Waals surface area contributed by atoms with Gasteiger partial charge in [-0.3, -0.25) is 4.79 Å². The summed E-state index contributed by atoms with van der Waals surface area (Å²) >= 11 is 0. The monoisotopic (exact) mass is 327 g/mol. The molecule has 0 saturated carbocycles. The summed E-state index contributed by atoms with van der Waals surface area (Å²) in [6.07, 6.45) is 0.0777. The van der Waals surface area contributed by atoms with Crippen LogP contribution in [0.25, 0.3) is 0 Å². The van der Waals surface area contributed by atoms with Crippen molar-refractivity contribution in [1.29, 1.82) is 0 Å². The van der Waals surface area contributed by atoms with E-state index in [2.05, 4.69) is 5.32 Å². The molecule has 0 radical (unpaired) electrons. The van der Waals surface area contributed by atoms with Crippen LogP contribution in [0.1, 0.15) is 40.9 Å². The zero-order chi connectivity index (χ0) is 17.7. The summed E-state index contributed by atoms with van der Waals surface area (Å²) in [4.78, 5) is 12.3. The van der Waals surface area contributed by atoms with E-state index in [1.165, 1.54) is 0 Å². The summed E-state index contributed by atoms with van der Waals surface area (Å²) in [6, 6.07) is 11.5. The van der Waals surface area contributed by atoms with E-state index in [1.807, 2.05) is 64.1 Å². The van der Waals surface area contributed by atoms with Gasteiger partial charge in [0.05, 0.1) is 13.2 Å². The Morgan fingerprint density at radius 1 is 1.08 bits per heavy atom. The van der Waals surface area contributed by atoms with Gasteiger partial charge in [-0.2, -0.15) is 0 Å². The zero-order valence-electron chi connectivity index (χ0n) is 15.0. The molecule has 0 heterocycles. The van der Waals surface area contributed by atoms with E-state index in [-0.39, 0.29) is 12.0 Å². The molecule has 0 fully saturated rings. The Labute approximate surface area is 143 Å². The molecule has 2 aromatic rings. The maximum absolute atomic E-state index is 12.3. The van der Waals surface area contributed by atoms with Crippen LogP contribution in [-0.2, 0) is 6.54 Å². The minimum atomic E-state index is -0.0750. The first kappa shape index (κ1) is 17.9. The molecule has 0 aliphatic carbocycles. The quantitative estimate of drug-likeness (QED) is 0.871. The molecule has 2 aromatic carbocycles. The van der Waals surface area contributed by atoms with E-state index in [0.29, 0.717) is 23.6 Å². The SMILES string of the molecule is COc1cc(CNC(=O)c2ccc(C)cc2C)ccc1OC(C)C. The normalized spacial score (nSPS) is 10.6.